The van der Waals surface area contributed by atoms with Crippen LogP contribution in [0.5, 0.6) is 5.75 Å². The summed E-state index contributed by atoms with van der Waals surface area (Å²) in [5, 5.41) is 5.05. The summed E-state index contributed by atoms with van der Waals surface area (Å²) in [6, 6.07) is 19.6. The zero-order chi connectivity index (χ0) is 22.5. The number of hydrogen-bond donors (Lipinski definition) is 2. The molecule has 1 aliphatic heterocycles. The first-order valence-electron chi connectivity index (χ1n) is 10.7. The van der Waals surface area contributed by atoms with Gasteiger partial charge in [-0.1, -0.05) is 42.5 Å². The molecule has 1 aliphatic rings. The number of likely N-dealkylation sites (tertiary alicyclic amines) is 1. The third-order valence-electron chi connectivity index (χ3n) is 5.79. The van der Waals surface area contributed by atoms with Crippen LogP contribution in [0.1, 0.15) is 18.4 Å². The van der Waals surface area contributed by atoms with Gasteiger partial charge in [0.05, 0.1) is 4.47 Å². The molecule has 1 saturated heterocycles. The van der Waals surface area contributed by atoms with Crippen LogP contribution in [0, 0.1) is 5.92 Å². The van der Waals surface area contributed by atoms with Crippen LogP contribution in [-0.4, -0.2) is 36.4 Å². The molecule has 0 unspecified atom stereocenters. The van der Waals surface area contributed by atoms with Crippen molar-refractivity contribution in [2.24, 2.45) is 11.7 Å². The van der Waals surface area contributed by atoms with E-state index in [1.807, 2.05) is 60.7 Å². The zero-order valence-corrected chi connectivity index (χ0v) is 19.3. The molecule has 1 fully saturated rings. The molecular formula is C25H26BrN3O3. The molecule has 6 nitrogen and oxygen atoms in total. The molecule has 0 bridgehead atoms. The number of ether oxygens (including phenoxy) is 1. The normalized spacial score (nSPS) is 14.9. The highest BCUT2D eigenvalue weighted by atomic mass is 79.9. The van der Waals surface area contributed by atoms with Gasteiger partial charge in [0.25, 0.3) is 5.91 Å². The Labute approximate surface area is 195 Å². The summed E-state index contributed by atoms with van der Waals surface area (Å²) < 4.78 is 6.59. The van der Waals surface area contributed by atoms with E-state index in [0.717, 1.165) is 59.0 Å². The van der Waals surface area contributed by atoms with E-state index < -0.39 is 0 Å². The van der Waals surface area contributed by atoms with Crippen LogP contribution in [-0.2, 0) is 16.1 Å². The Bertz CT molecular complexity index is 1130. The van der Waals surface area contributed by atoms with Crippen LogP contribution in [0.15, 0.2) is 65.1 Å². The smallest absolute Gasteiger partial charge is 0.262 e. The van der Waals surface area contributed by atoms with Gasteiger partial charge in [-0.2, -0.15) is 0 Å². The lowest BCUT2D eigenvalue weighted by Crippen LogP contribution is -2.38. The number of anilines is 1. The summed E-state index contributed by atoms with van der Waals surface area (Å²) in [6.45, 7) is 2.38. The molecule has 3 N–H and O–H groups in total. The monoisotopic (exact) mass is 495 g/mol. The van der Waals surface area contributed by atoms with Crippen LogP contribution in [0.25, 0.3) is 10.8 Å². The Hall–Kier alpha value is -2.90. The average molecular weight is 496 g/mol. The van der Waals surface area contributed by atoms with E-state index in [-0.39, 0.29) is 24.3 Å². The highest BCUT2D eigenvalue weighted by Gasteiger charge is 2.23. The van der Waals surface area contributed by atoms with Crippen molar-refractivity contribution in [2.75, 3.05) is 25.0 Å². The number of carbonyl (C=O) groups excluding carboxylic acids is 2. The number of nitrogens with two attached hydrogens (primary N) is 1. The summed E-state index contributed by atoms with van der Waals surface area (Å²) in [5.74, 6) is 0.197. The van der Waals surface area contributed by atoms with Crippen molar-refractivity contribution < 1.29 is 14.3 Å². The van der Waals surface area contributed by atoms with Crippen molar-refractivity contribution in [2.45, 2.75) is 19.4 Å². The molecule has 7 heteroatoms. The Kier molecular flexibility index (Phi) is 7.07. The molecule has 3 aromatic rings. The van der Waals surface area contributed by atoms with E-state index in [0.29, 0.717) is 5.75 Å². The molecule has 0 spiro atoms. The lowest BCUT2D eigenvalue weighted by atomic mass is 9.96. The topological polar surface area (TPSA) is 84.7 Å². The van der Waals surface area contributed by atoms with E-state index in [1.54, 1.807) is 0 Å². The molecule has 0 saturated carbocycles. The number of rotatable bonds is 7. The van der Waals surface area contributed by atoms with Gasteiger partial charge >= 0.3 is 0 Å². The lowest BCUT2D eigenvalue weighted by molar-refractivity contribution is -0.123. The van der Waals surface area contributed by atoms with Crippen molar-refractivity contribution in [3.8, 4) is 5.75 Å². The van der Waals surface area contributed by atoms with Gasteiger partial charge in [-0.05, 0) is 76.4 Å². The van der Waals surface area contributed by atoms with E-state index in [2.05, 4.69) is 26.1 Å². The third kappa shape index (κ3) is 5.47. The average Bonchev–Trinajstić information content (AvgIpc) is 2.79. The largest absolute Gasteiger partial charge is 0.483 e. The Balaban J connectivity index is 1.31. The van der Waals surface area contributed by atoms with E-state index in [9.17, 15) is 9.59 Å². The van der Waals surface area contributed by atoms with Crippen LogP contribution < -0.4 is 15.8 Å². The molecule has 1 heterocycles. The van der Waals surface area contributed by atoms with Gasteiger partial charge in [0.15, 0.2) is 6.61 Å². The Morgan fingerprint density at radius 3 is 2.62 bits per heavy atom. The molecule has 4 rings (SSSR count). The summed E-state index contributed by atoms with van der Waals surface area (Å²) >= 11 is 3.58. The van der Waals surface area contributed by atoms with Crippen LogP contribution in [0.4, 0.5) is 5.69 Å². The third-order valence-corrected chi connectivity index (χ3v) is 6.61. The number of nitrogens with zero attached hydrogens (tertiary/aromatic N) is 1. The van der Waals surface area contributed by atoms with Crippen molar-refractivity contribution >= 4 is 44.2 Å². The summed E-state index contributed by atoms with van der Waals surface area (Å²) in [5.41, 5.74) is 7.26. The second kappa shape index (κ2) is 10.1. The second-order valence-corrected chi connectivity index (χ2v) is 8.88. The summed E-state index contributed by atoms with van der Waals surface area (Å²) in [4.78, 5) is 26.1. The maximum Gasteiger partial charge on any atom is 0.262 e. The molecule has 32 heavy (non-hydrogen) atoms. The number of piperidine rings is 1. The molecule has 0 atom stereocenters. The van der Waals surface area contributed by atoms with E-state index in [4.69, 9.17) is 10.5 Å². The van der Waals surface area contributed by atoms with Crippen LogP contribution in [0.3, 0.4) is 0 Å². The first kappa shape index (κ1) is 22.3. The van der Waals surface area contributed by atoms with Crippen molar-refractivity contribution in [1.29, 1.82) is 0 Å². The van der Waals surface area contributed by atoms with E-state index >= 15 is 0 Å². The number of hydrogen-bond acceptors (Lipinski definition) is 4. The number of nitrogens with one attached hydrogen (secondary N) is 1. The van der Waals surface area contributed by atoms with Gasteiger partial charge in [0, 0.05) is 18.2 Å². The fourth-order valence-corrected chi connectivity index (χ4v) is 4.65. The number of fused-ring (bicyclic) bond motifs is 1. The minimum Gasteiger partial charge on any atom is -0.483 e. The summed E-state index contributed by atoms with van der Waals surface area (Å²) in [7, 11) is 0. The quantitative estimate of drug-likeness (QED) is 0.511. The maximum absolute atomic E-state index is 12.5. The fourth-order valence-electron chi connectivity index (χ4n) is 4.05. The highest BCUT2D eigenvalue weighted by Crippen LogP contribution is 2.33. The number of carbonyl (C=O) groups is 2. The molecule has 2 amide bonds. The van der Waals surface area contributed by atoms with Gasteiger partial charge < -0.3 is 15.8 Å². The van der Waals surface area contributed by atoms with Gasteiger partial charge in [-0.15, -0.1) is 0 Å². The number of halogens is 1. The van der Waals surface area contributed by atoms with Gasteiger partial charge in [-0.25, -0.2) is 0 Å². The molecular weight excluding hydrogens is 470 g/mol. The predicted octanol–water partition coefficient (Wildman–Crippen LogP) is 4.32. The number of amides is 2. The molecule has 0 aliphatic carbocycles. The first-order valence-corrected chi connectivity index (χ1v) is 11.5. The van der Waals surface area contributed by atoms with Gasteiger partial charge in [0.1, 0.15) is 5.75 Å². The highest BCUT2D eigenvalue weighted by molar-refractivity contribution is 9.10. The molecule has 0 radical (unpaired) electrons. The fraction of sp³-hybridized carbons (Fsp3) is 0.280. The SMILES string of the molecule is NC(=O)C1CCN(Cc2cccc(NC(=O)COc3ccc4ccccc4c3Br)c2)CC1. The maximum atomic E-state index is 12.5. The minimum absolute atomic E-state index is 0.0143. The van der Waals surface area contributed by atoms with Crippen molar-refractivity contribution in [1.82, 2.24) is 4.90 Å². The first-order chi connectivity index (χ1) is 15.5. The standard InChI is InChI=1S/C25H26BrN3O3/c26-24-21-7-2-1-5-18(21)8-9-22(24)32-16-23(30)28-20-6-3-4-17(14-20)15-29-12-10-19(11-13-29)25(27)31/h1-9,14,19H,10-13,15-16H2,(H2,27,31)(H,28,30). The second-order valence-electron chi connectivity index (χ2n) is 8.09. The predicted molar refractivity (Wildman–Crippen MR) is 129 cm³/mol. The lowest BCUT2D eigenvalue weighted by Gasteiger charge is -2.30. The van der Waals surface area contributed by atoms with Crippen molar-refractivity contribution in [3.05, 3.63) is 70.7 Å². The van der Waals surface area contributed by atoms with Crippen molar-refractivity contribution in [3.63, 3.8) is 0 Å². The molecule has 3 aromatic carbocycles. The minimum atomic E-state index is -0.218. The van der Waals surface area contributed by atoms with Crippen LogP contribution in [0.2, 0.25) is 0 Å². The van der Waals surface area contributed by atoms with Crippen LogP contribution >= 0.6 is 15.9 Å². The van der Waals surface area contributed by atoms with Gasteiger partial charge in [0.2, 0.25) is 5.91 Å². The Morgan fingerprint density at radius 2 is 1.84 bits per heavy atom. The van der Waals surface area contributed by atoms with E-state index in [1.165, 1.54) is 0 Å². The Morgan fingerprint density at radius 1 is 1.06 bits per heavy atom. The number of primary amides is 1. The molecule has 166 valence electrons. The summed E-state index contributed by atoms with van der Waals surface area (Å²) in [6.07, 6.45) is 1.60. The van der Waals surface area contributed by atoms with Gasteiger partial charge in [-0.3, -0.25) is 14.5 Å². The zero-order valence-electron chi connectivity index (χ0n) is 17.7. The molecule has 0 aromatic heterocycles. The number of benzene rings is 3.